The van der Waals surface area contributed by atoms with Gasteiger partial charge in [0.15, 0.2) is 0 Å². The second kappa shape index (κ2) is 11.5. The lowest BCUT2D eigenvalue weighted by atomic mass is 10.1. The minimum Gasteiger partial charge on any atom is -0.472 e. The van der Waals surface area contributed by atoms with Crippen molar-refractivity contribution in [2.24, 2.45) is 0 Å². The van der Waals surface area contributed by atoms with Crippen LogP contribution in [0.3, 0.4) is 0 Å². The maximum absolute atomic E-state index is 13.4. The van der Waals surface area contributed by atoms with Crippen molar-refractivity contribution in [3.63, 3.8) is 0 Å². The fourth-order valence-corrected chi connectivity index (χ4v) is 4.60. The summed E-state index contributed by atoms with van der Waals surface area (Å²) in [7, 11) is -3.30. The lowest BCUT2D eigenvalue weighted by Gasteiger charge is -2.35. The number of nitrogens with one attached hydrogen (secondary N) is 1. The number of amides is 2. The van der Waals surface area contributed by atoms with Crippen LogP contribution < -0.4 is 10.1 Å². The molecule has 0 saturated carbocycles. The molecule has 2 aromatic rings. The molecule has 2 heterocycles. The topological polar surface area (TPSA) is 106 Å². The fourth-order valence-electron chi connectivity index (χ4n) is 3.93. The van der Waals surface area contributed by atoms with Crippen molar-refractivity contribution >= 4 is 21.7 Å². The summed E-state index contributed by atoms with van der Waals surface area (Å²) < 4.78 is 29.5. The summed E-state index contributed by atoms with van der Waals surface area (Å²) in [6.45, 7) is 4.81. The molecular weight excluding hydrogens is 454 g/mol. The average molecular weight is 488 g/mol. The molecule has 3 rings (SSSR count). The van der Waals surface area contributed by atoms with Gasteiger partial charge in [0.05, 0.1) is 12.3 Å². The van der Waals surface area contributed by atoms with E-state index in [0.717, 1.165) is 36.6 Å². The molecule has 2 atom stereocenters. The van der Waals surface area contributed by atoms with Crippen molar-refractivity contribution in [1.29, 1.82) is 0 Å². The molecular formula is C25H33N3O5S. The lowest BCUT2D eigenvalue weighted by molar-refractivity contribution is -0.136. The van der Waals surface area contributed by atoms with Gasteiger partial charge in [-0.25, -0.2) is 13.4 Å². The van der Waals surface area contributed by atoms with Crippen LogP contribution >= 0.6 is 0 Å². The second-order valence-corrected chi connectivity index (χ2v) is 11.1. The zero-order chi connectivity index (χ0) is 24.7. The van der Waals surface area contributed by atoms with E-state index in [1.54, 1.807) is 29.3 Å². The van der Waals surface area contributed by atoms with Crippen LogP contribution in [0.5, 0.6) is 5.88 Å². The summed E-state index contributed by atoms with van der Waals surface area (Å²) in [5, 5.41) is 2.76. The number of pyridine rings is 1. The minimum atomic E-state index is -3.30. The molecule has 9 heteroatoms. The Morgan fingerprint density at radius 3 is 2.71 bits per heavy atom. The third kappa shape index (κ3) is 7.55. The maximum atomic E-state index is 13.4. The van der Waals surface area contributed by atoms with Crippen molar-refractivity contribution in [1.82, 2.24) is 15.2 Å². The Kier molecular flexibility index (Phi) is 8.66. The maximum Gasteiger partial charge on any atom is 0.251 e. The van der Waals surface area contributed by atoms with Gasteiger partial charge in [-0.05, 0) is 50.3 Å². The highest BCUT2D eigenvalue weighted by atomic mass is 32.2. The third-order valence-corrected chi connectivity index (χ3v) is 6.82. The number of hydrogen-bond acceptors (Lipinski definition) is 6. The standard InChI is InChI=1S/C25H33N3O5S/c1-4-19-10-11-23(26-16-19)33-21-9-6-13-28(17-21)25(30)22(12-14-34(3,31)32)27-24(29)20-8-5-7-18(2)15-20/h5,7-8,10-11,15-16,21-22H,4,6,9,12-14,17H2,1-3H3,(H,27,29). The fraction of sp³-hybridized carbons (Fsp3) is 0.480. The highest BCUT2D eigenvalue weighted by molar-refractivity contribution is 7.90. The molecule has 0 bridgehead atoms. The first-order valence-electron chi connectivity index (χ1n) is 11.6. The SMILES string of the molecule is CCc1ccc(OC2CCCN(C(=O)C(CCS(C)(=O)=O)NC(=O)c3cccc(C)c3)C2)nc1. The van der Waals surface area contributed by atoms with E-state index in [9.17, 15) is 18.0 Å². The summed E-state index contributed by atoms with van der Waals surface area (Å²) in [4.78, 5) is 32.2. The number of benzene rings is 1. The normalized spacial score (nSPS) is 17.1. The van der Waals surface area contributed by atoms with Gasteiger partial charge in [-0.2, -0.15) is 0 Å². The molecule has 2 amide bonds. The predicted molar refractivity (Wildman–Crippen MR) is 131 cm³/mol. The van der Waals surface area contributed by atoms with Crippen LogP contribution in [-0.4, -0.2) is 67.4 Å². The zero-order valence-corrected chi connectivity index (χ0v) is 20.8. The summed E-state index contributed by atoms with van der Waals surface area (Å²) in [5.74, 6) is -0.385. The smallest absolute Gasteiger partial charge is 0.251 e. The van der Waals surface area contributed by atoms with E-state index in [1.165, 1.54) is 0 Å². The van der Waals surface area contributed by atoms with Crippen LogP contribution in [0.4, 0.5) is 0 Å². The molecule has 34 heavy (non-hydrogen) atoms. The average Bonchev–Trinajstić information content (AvgIpc) is 2.81. The first kappa shape index (κ1) is 25.7. The van der Waals surface area contributed by atoms with Gasteiger partial charge in [0.25, 0.3) is 5.91 Å². The molecule has 1 saturated heterocycles. The van der Waals surface area contributed by atoms with Gasteiger partial charge in [0.1, 0.15) is 22.0 Å². The molecule has 2 unspecified atom stereocenters. The van der Waals surface area contributed by atoms with E-state index in [0.29, 0.717) is 24.5 Å². The molecule has 1 aliphatic heterocycles. The van der Waals surface area contributed by atoms with Gasteiger partial charge >= 0.3 is 0 Å². The zero-order valence-electron chi connectivity index (χ0n) is 20.0. The number of carbonyl (C=O) groups is 2. The number of piperidine rings is 1. The molecule has 184 valence electrons. The van der Waals surface area contributed by atoms with Gasteiger partial charge in [0.2, 0.25) is 11.8 Å². The number of carbonyl (C=O) groups excluding carboxylic acids is 2. The van der Waals surface area contributed by atoms with E-state index >= 15 is 0 Å². The van der Waals surface area contributed by atoms with Gasteiger partial charge in [-0.3, -0.25) is 9.59 Å². The third-order valence-electron chi connectivity index (χ3n) is 5.84. The Morgan fingerprint density at radius 1 is 1.26 bits per heavy atom. The van der Waals surface area contributed by atoms with E-state index in [-0.39, 0.29) is 24.2 Å². The molecule has 1 aromatic heterocycles. The number of aryl methyl sites for hydroxylation is 2. The molecule has 8 nitrogen and oxygen atoms in total. The monoisotopic (exact) mass is 487 g/mol. The molecule has 1 fully saturated rings. The predicted octanol–water partition coefficient (Wildman–Crippen LogP) is 2.56. The molecule has 1 aliphatic rings. The Balaban J connectivity index is 1.69. The Morgan fingerprint density at radius 2 is 2.06 bits per heavy atom. The number of ether oxygens (including phenoxy) is 1. The largest absolute Gasteiger partial charge is 0.472 e. The van der Waals surface area contributed by atoms with E-state index in [4.69, 9.17) is 4.74 Å². The number of sulfone groups is 1. The van der Waals surface area contributed by atoms with Gasteiger partial charge in [-0.15, -0.1) is 0 Å². The quantitative estimate of drug-likeness (QED) is 0.583. The van der Waals surface area contributed by atoms with E-state index in [2.05, 4.69) is 17.2 Å². The van der Waals surface area contributed by atoms with Crippen molar-refractivity contribution < 1.29 is 22.7 Å². The summed E-state index contributed by atoms with van der Waals surface area (Å²) in [6, 6.07) is 9.90. The van der Waals surface area contributed by atoms with Crippen molar-refractivity contribution in [2.45, 2.75) is 51.7 Å². The summed E-state index contributed by atoms with van der Waals surface area (Å²) >= 11 is 0. The van der Waals surface area contributed by atoms with E-state index in [1.807, 2.05) is 25.1 Å². The number of hydrogen-bond donors (Lipinski definition) is 1. The van der Waals surface area contributed by atoms with Crippen molar-refractivity contribution in [3.05, 3.63) is 59.3 Å². The highest BCUT2D eigenvalue weighted by Gasteiger charge is 2.31. The van der Waals surface area contributed by atoms with Gasteiger partial charge in [-0.1, -0.05) is 30.7 Å². The lowest BCUT2D eigenvalue weighted by Crippen LogP contribution is -2.53. The van der Waals surface area contributed by atoms with Crippen LogP contribution in [0.2, 0.25) is 0 Å². The number of nitrogens with zero attached hydrogens (tertiary/aromatic N) is 2. The number of aromatic nitrogens is 1. The van der Waals surface area contributed by atoms with Crippen molar-refractivity contribution in [3.8, 4) is 5.88 Å². The molecule has 1 N–H and O–H groups in total. The van der Waals surface area contributed by atoms with Crippen LogP contribution in [0.15, 0.2) is 42.6 Å². The van der Waals surface area contributed by atoms with Crippen LogP contribution in [0, 0.1) is 6.92 Å². The number of rotatable bonds is 9. The summed E-state index contributed by atoms with van der Waals surface area (Å²) in [6.07, 6.45) is 5.11. The van der Waals surface area contributed by atoms with E-state index < -0.39 is 21.8 Å². The first-order chi connectivity index (χ1) is 16.1. The number of likely N-dealkylation sites (tertiary alicyclic amines) is 1. The minimum absolute atomic E-state index is 0.0112. The molecule has 0 radical (unpaired) electrons. The van der Waals surface area contributed by atoms with Crippen molar-refractivity contribution in [2.75, 3.05) is 25.1 Å². The van der Waals surface area contributed by atoms with Crippen LogP contribution in [0.1, 0.15) is 47.7 Å². The molecule has 1 aromatic carbocycles. The summed E-state index contributed by atoms with van der Waals surface area (Å²) in [5.41, 5.74) is 2.47. The Hall–Kier alpha value is -2.94. The van der Waals surface area contributed by atoms with Gasteiger partial charge in [0, 0.05) is 30.6 Å². The Bertz CT molecular complexity index is 1100. The highest BCUT2D eigenvalue weighted by Crippen LogP contribution is 2.19. The van der Waals surface area contributed by atoms with Gasteiger partial charge < -0.3 is 15.0 Å². The Labute approximate surface area is 201 Å². The first-order valence-corrected chi connectivity index (χ1v) is 13.7. The van der Waals surface area contributed by atoms with Crippen LogP contribution in [-0.2, 0) is 21.1 Å². The van der Waals surface area contributed by atoms with Crippen LogP contribution in [0.25, 0.3) is 0 Å². The molecule has 0 spiro atoms. The second-order valence-electron chi connectivity index (χ2n) is 8.84. The molecule has 0 aliphatic carbocycles.